The van der Waals surface area contributed by atoms with Crippen LogP contribution < -0.4 is 19.8 Å². The van der Waals surface area contributed by atoms with Crippen molar-refractivity contribution in [2.45, 2.75) is 51.4 Å². The number of aliphatic hydroxyl groups is 1. The Labute approximate surface area is 226 Å². The lowest BCUT2D eigenvalue weighted by atomic mass is 9.93. The van der Waals surface area contributed by atoms with E-state index in [-0.39, 0.29) is 49.1 Å². The van der Waals surface area contributed by atoms with Gasteiger partial charge in [-0.15, -0.1) is 0 Å². The van der Waals surface area contributed by atoms with Crippen molar-refractivity contribution in [2.75, 3.05) is 58.4 Å². The van der Waals surface area contributed by atoms with Crippen molar-refractivity contribution in [1.82, 2.24) is 15.0 Å². The monoisotopic (exact) mass is 565 g/mol. The zero-order valence-corrected chi connectivity index (χ0v) is 22.6. The minimum atomic E-state index is -3.80. The fraction of sp³-hybridized carbons (Fsp3) is 0.600. The highest BCUT2D eigenvalue weighted by Gasteiger charge is 2.45. The Morgan fingerprint density at radius 1 is 0.974 bits per heavy atom. The van der Waals surface area contributed by atoms with Gasteiger partial charge in [-0.25, -0.2) is 27.2 Å². The molecule has 3 aliphatic rings. The van der Waals surface area contributed by atoms with Crippen molar-refractivity contribution < 1.29 is 27.1 Å². The molecule has 14 heteroatoms. The zero-order chi connectivity index (χ0) is 27.8. The normalized spacial score (nSPS) is 20.1. The minimum absolute atomic E-state index is 0.0591. The summed E-state index contributed by atoms with van der Waals surface area (Å²) in [6.45, 7) is 2.81. The van der Waals surface area contributed by atoms with Gasteiger partial charge in [-0.3, -0.25) is 9.52 Å². The molecule has 5 rings (SSSR count). The Kier molecular flexibility index (Phi) is 7.35. The van der Waals surface area contributed by atoms with Crippen LogP contribution in [0.5, 0.6) is 0 Å². The van der Waals surface area contributed by atoms with Gasteiger partial charge in [0.15, 0.2) is 0 Å². The molecular weight excluding hydrogens is 532 g/mol. The van der Waals surface area contributed by atoms with E-state index in [0.717, 1.165) is 12.8 Å². The quantitative estimate of drug-likeness (QED) is 0.441. The van der Waals surface area contributed by atoms with E-state index >= 15 is 0 Å². The number of anilines is 4. The van der Waals surface area contributed by atoms with Crippen LogP contribution in [-0.4, -0.2) is 78.8 Å². The largest absolute Gasteiger partial charge is 0.395 e. The molecule has 2 aromatic rings. The second-order valence-electron chi connectivity index (χ2n) is 10.7. The lowest BCUT2D eigenvalue weighted by molar-refractivity contribution is -0.0222. The molecule has 0 aromatic carbocycles. The predicted octanol–water partition coefficient (Wildman–Crippen LogP) is 2.78. The summed E-state index contributed by atoms with van der Waals surface area (Å²) in [5, 5.41) is 11.8. The smallest absolute Gasteiger partial charge is 0.260 e. The molecule has 0 radical (unpaired) electrons. The van der Waals surface area contributed by atoms with E-state index < -0.39 is 34.2 Å². The van der Waals surface area contributed by atoms with Gasteiger partial charge < -0.3 is 20.2 Å². The molecule has 11 nitrogen and oxygen atoms in total. The summed E-state index contributed by atoms with van der Waals surface area (Å²) < 4.78 is 54.0. The molecule has 0 bridgehead atoms. The highest BCUT2D eigenvalue weighted by molar-refractivity contribution is 7.92. The average Bonchev–Trinajstić information content (AvgIpc) is 3.62. The fourth-order valence-corrected chi connectivity index (χ4v) is 5.87. The van der Waals surface area contributed by atoms with Crippen LogP contribution in [0.25, 0.3) is 0 Å². The standard InChI is InChI=1S/C25H33F2N7O4S/c1-17-16-20(31-23(28-17)34-12-8-25(26,27)9-13-34)30-22(36)18-2-3-19(32-39(37,38)15-14-35)29-21(18)33-10-6-24(4-5-24)7-11-33/h2-3,16,35H,4-15H2,1H3,(H,29,32)(H,28,30,31,36). The van der Waals surface area contributed by atoms with Crippen molar-refractivity contribution in [3.63, 3.8) is 0 Å². The Hall–Kier alpha value is -3.13. The summed E-state index contributed by atoms with van der Waals surface area (Å²) in [4.78, 5) is 30.4. The van der Waals surface area contributed by atoms with E-state index in [1.165, 1.54) is 25.0 Å². The van der Waals surface area contributed by atoms with Gasteiger partial charge in [-0.05, 0) is 50.2 Å². The number of hydrogen-bond acceptors (Lipinski definition) is 9. The molecule has 0 unspecified atom stereocenters. The molecule has 3 fully saturated rings. The summed E-state index contributed by atoms with van der Waals surface area (Å²) in [5.74, 6) is -2.73. The van der Waals surface area contributed by atoms with Crippen LogP contribution in [0.3, 0.4) is 0 Å². The first-order valence-corrected chi connectivity index (χ1v) is 14.8. The molecule has 212 valence electrons. The fourth-order valence-electron chi connectivity index (χ4n) is 5.10. The van der Waals surface area contributed by atoms with Gasteiger partial charge in [0.05, 0.1) is 17.9 Å². The second kappa shape index (κ2) is 10.5. The van der Waals surface area contributed by atoms with Crippen LogP contribution in [0.4, 0.5) is 32.2 Å². The molecule has 1 aliphatic carbocycles. The zero-order valence-electron chi connectivity index (χ0n) is 21.8. The van der Waals surface area contributed by atoms with Gasteiger partial charge in [-0.1, -0.05) is 0 Å². The van der Waals surface area contributed by atoms with Crippen LogP contribution in [-0.2, 0) is 10.0 Å². The summed E-state index contributed by atoms with van der Waals surface area (Å²) in [6, 6.07) is 4.52. The van der Waals surface area contributed by atoms with Gasteiger partial charge in [0.1, 0.15) is 17.5 Å². The van der Waals surface area contributed by atoms with E-state index in [1.54, 1.807) is 17.9 Å². The number of hydrogen-bond donors (Lipinski definition) is 3. The van der Waals surface area contributed by atoms with Crippen molar-refractivity contribution in [3.05, 3.63) is 29.5 Å². The lowest BCUT2D eigenvalue weighted by Crippen LogP contribution is -2.40. The maximum absolute atomic E-state index is 13.6. The predicted molar refractivity (Wildman–Crippen MR) is 143 cm³/mol. The number of carbonyl (C=O) groups is 1. The first kappa shape index (κ1) is 27.4. The molecule has 2 saturated heterocycles. The molecule has 2 aliphatic heterocycles. The van der Waals surface area contributed by atoms with Crippen molar-refractivity contribution in [3.8, 4) is 0 Å². The SMILES string of the molecule is Cc1cc(NC(=O)c2ccc(NS(=O)(=O)CCO)nc2N2CCC3(CC2)CC3)nc(N2CCC(F)(F)CC2)n1. The van der Waals surface area contributed by atoms with E-state index in [2.05, 4.69) is 25.0 Å². The third-order valence-corrected chi connectivity index (χ3v) is 8.92. The van der Waals surface area contributed by atoms with Crippen LogP contribution in [0.15, 0.2) is 18.2 Å². The third-order valence-electron chi connectivity index (χ3n) is 7.68. The summed E-state index contributed by atoms with van der Waals surface area (Å²) in [6.07, 6.45) is 3.78. The second-order valence-corrected chi connectivity index (χ2v) is 12.5. The number of pyridine rings is 1. The highest BCUT2D eigenvalue weighted by Crippen LogP contribution is 2.54. The Bertz CT molecular complexity index is 1330. The summed E-state index contributed by atoms with van der Waals surface area (Å²) in [5.41, 5.74) is 1.21. The first-order valence-electron chi connectivity index (χ1n) is 13.1. The number of carbonyl (C=O) groups excluding carboxylic acids is 1. The van der Waals surface area contributed by atoms with Crippen LogP contribution in [0, 0.1) is 12.3 Å². The average molecular weight is 566 g/mol. The Morgan fingerprint density at radius 2 is 1.64 bits per heavy atom. The van der Waals surface area contributed by atoms with E-state index in [1.807, 2.05) is 4.90 Å². The molecule has 1 amide bonds. The number of nitrogens with one attached hydrogen (secondary N) is 2. The van der Waals surface area contributed by atoms with Crippen LogP contribution in [0.2, 0.25) is 0 Å². The van der Waals surface area contributed by atoms with Crippen molar-refractivity contribution >= 4 is 39.3 Å². The number of nitrogens with zero attached hydrogens (tertiary/aromatic N) is 5. The molecular formula is C25H33F2N7O4S. The number of sulfonamides is 1. The third kappa shape index (κ3) is 6.55. The molecule has 1 spiro atoms. The van der Waals surface area contributed by atoms with E-state index in [9.17, 15) is 22.0 Å². The number of piperidine rings is 2. The van der Waals surface area contributed by atoms with Crippen molar-refractivity contribution in [2.24, 2.45) is 5.41 Å². The van der Waals surface area contributed by atoms with Crippen LogP contribution >= 0.6 is 0 Å². The number of amides is 1. The number of rotatable bonds is 8. The summed E-state index contributed by atoms with van der Waals surface area (Å²) in [7, 11) is -3.80. The van der Waals surface area contributed by atoms with Gasteiger partial charge in [-0.2, -0.15) is 4.98 Å². The number of halogens is 2. The Balaban J connectivity index is 1.39. The molecule has 1 saturated carbocycles. The van der Waals surface area contributed by atoms with Gasteiger partial charge >= 0.3 is 0 Å². The summed E-state index contributed by atoms with van der Waals surface area (Å²) >= 11 is 0. The molecule has 0 atom stereocenters. The number of alkyl halides is 2. The first-order chi connectivity index (χ1) is 18.5. The van der Waals surface area contributed by atoms with Gasteiger partial charge in [0, 0.05) is 50.8 Å². The molecule has 39 heavy (non-hydrogen) atoms. The minimum Gasteiger partial charge on any atom is -0.395 e. The Morgan fingerprint density at radius 3 is 2.28 bits per heavy atom. The number of aryl methyl sites for hydroxylation is 1. The van der Waals surface area contributed by atoms with Gasteiger partial charge in [0.25, 0.3) is 11.8 Å². The van der Waals surface area contributed by atoms with E-state index in [0.29, 0.717) is 30.0 Å². The molecule has 2 aromatic heterocycles. The maximum atomic E-state index is 13.6. The topological polar surface area (TPSA) is 141 Å². The number of aliphatic hydroxyl groups excluding tert-OH is 1. The molecule has 4 heterocycles. The molecule has 3 N–H and O–H groups in total. The van der Waals surface area contributed by atoms with Crippen molar-refractivity contribution in [1.29, 1.82) is 0 Å². The lowest BCUT2D eigenvalue weighted by Gasteiger charge is -2.34. The highest BCUT2D eigenvalue weighted by atomic mass is 32.2. The maximum Gasteiger partial charge on any atom is 0.260 e. The van der Waals surface area contributed by atoms with Gasteiger partial charge in [0.2, 0.25) is 16.0 Å². The van der Waals surface area contributed by atoms with Crippen LogP contribution in [0.1, 0.15) is 54.6 Å². The van der Waals surface area contributed by atoms with E-state index in [4.69, 9.17) is 5.11 Å². The number of aromatic nitrogens is 3.